The van der Waals surface area contributed by atoms with Gasteiger partial charge in [0.15, 0.2) is 35.6 Å². The lowest BCUT2D eigenvalue weighted by atomic mass is 9.97. The summed E-state index contributed by atoms with van der Waals surface area (Å²) in [6, 6.07) is 8.05. The average Bonchev–Trinajstić information content (AvgIpc) is 2.99. The van der Waals surface area contributed by atoms with Crippen LogP contribution in [0, 0.1) is 0 Å². The van der Waals surface area contributed by atoms with E-state index in [0.717, 1.165) is 6.08 Å². The maximum absolute atomic E-state index is 12.4. The normalized spacial score (nSPS) is 32.5. The molecule has 2 aliphatic heterocycles. The smallest absolute Gasteiger partial charge is 0.330 e. The third-order valence-corrected chi connectivity index (χ3v) is 7.26. The van der Waals surface area contributed by atoms with Gasteiger partial charge in [0.05, 0.1) is 12.7 Å². The lowest BCUT2D eigenvalue weighted by Crippen LogP contribution is -2.64. The quantitative estimate of drug-likeness (QED) is 0.0873. The largest absolute Gasteiger partial charge is 0.504 e. The molecule has 0 amide bonds. The number of ether oxygens (including phenoxy) is 5. The van der Waals surface area contributed by atoms with E-state index in [-0.39, 0.29) is 36.0 Å². The van der Waals surface area contributed by atoms with Crippen LogP contribution < -0.4 is 0 Å². The fourth-order valence-corrected chi connectivity index (χ4v) is 4.66. The van der Waals surface area contributed by atoms with Gasteiger partial charge in [-0.15, -0.1) is 0 Å². The molecule has 2 fully saturated rings. The number of carbonyl (C=O) groups is 1. The van der Waals surface area contributed by atoms with Crippen molar-refractivity contribution >= 4 is 12.0 Å². The van der Waals surface area contributed by atoms with Crippen LogP contribution >= 0.6 is 0 Å². The number of aliphatic hydroxyl groups is 5. The predicted molar refractivity (Wildman–Crippen MR) is 147 cm³/mol. The van der Waals surface area contributed by atoms with Gasteiger partial charge in [0, 0.05) is 6.08 Å². The number of phenolic OH excluding ortho intramolecular Hbond substituents is 4. The van der Waals surface area contributed by atoms with Gasteiger partial charge in [-0.05, 0) is 54.8 Å². The van der Waals surface area contributed by atoms with Gasteiger partial charge < -0.3 is 69.6 Å². The summed E-state index contributed by atoms with van der Waals surface area (Å²) in [6.45, 7) is 0.804. The molecule has 0 radical (unpaired) electrons. The monoisotopic (exact) mass is 624 g/mol. The Morgan fingerprint density at radius 2 is 1.48 bits per heavy atom. The molecule has 15 nitrogen and oxygen atoms in total. The maximum atomic E-state index is 12.4. The zero-order valence-corrected chi connectivity index (χ0v) is 23.5. The second-order valence-electron chi connectivity index (χ2n) is 10.5. The van der Waals surface area contributed by atoms with Crippen molar-refractivity contribution in [2.24, 2.45) is 0 Å². The first kappa shape index (κ1) is 33.4. The van der Waals surface area contributed by atoms with Crippen LogP contribution in [-0.2, 0) is 34.9 Å². The average molecular weight is 625 g/mol. The molecule has 15 heteroatoms. The molecule has 0 aromatic heterocycles. The number of hydrogen-bond donors (Lipinski definition) is 9. The fraction of sp³-hybridized carbons (Fsp3) is 0.483. The number of rotatable bonds is 10. The minimum absolute atomic E-state index is 0.0754. The van der Waals surface area contributed by atoms with E-state index in [1.165, 1.54) is 43.3 Å². The lowest BCUT2D eigenvalue weighted by Gasteiger charge is -2.45. The Balaban J connectivity index is 1.44. The van der Waals surface area contributed by atoms with Gasteiger partial charge in [-0.1, -0.05) is 12.1 Å². The van der Waals surface area contributed by atoms with Gasteiger partial charge in [0.25, 0.3) is 0 Å². The van der Waals surface area contributed by atoms with Crippen LogP contribution in [0.25, 0.3) is 6.08 Å². The molecule has 0 saturated carbocycles. The van der Waals surface area contributed by atoms with E-state index in [2.05, 4.69) is 0 Å². The van der Waals surface area contributed by atoms with Crippen LogP contribution in [0.4, 0.5) is 0 Å². The lowest BCUT2D eigenvalue weighted by molar-refractivity contribution is -0.357. The van der Waals surface area contributed by atoms with Gasteiger partial charge in [0.2, 0.25) is 0 Å². The minimum Gasteiger partial charge on any atom is -0.504 e. The van der Waals surface area contributed by atoms with Crippen molar-refractivity contribution < 1.29 is 74.4 Å². The summed E-state index contributed by atoms with van der Waals surface area (Å²) in [5.74, 6) is -2.23. The predicted octanol–water partition coefficient (Wildman–Crippen LogP) is -1.02. The Kier molecular flexibility index (Phi) is 11.0. The summed E-state index contributed by atoms with van der Waals surface area (Å²) in [7, 11) is 0. The Morgan fingerprint density at radius 3 is 2.16 bits per heavy atom. The number of esters is 1. The molecule has 2 heterocycles. The number of hydrogen-bond acceptors (Lipinski definition) is 15. The Bertz CT molecular complexity index is 1300. The number of phenols is 4. The van der Waals surface area contributed by atoms with Crippen molar-refractivity contribution in [1.82, 2.24) is 0 Å². The first-order valence-electron chi connectivity index (χ1n) is 13.7. The second kappa shape index (κ2) is 14.5. The number of aromatic hydroxyl groups is 4. The van der Waals surface area contributed by atoms with Crippen LogP contribution in [0.15, 0.2) is 42.5 Å². The van der Waals surface area contributed by atoms with Crippen molar-refractivity contribution in [3.63, 3.8) is 0 Å². The van der Waals surface area contributed by atoms with Crippen molar-refractivity contribution in [3.05, 3.63) is 53.6 Å². The molecular formula is C29H36O15. The molecule has 2 saturated heterocycles. The molecule has 0 spiro atoms. The molecule has 0 aliphatic carbocycles. The van der Waals surface area contributed by atoms with Crippen LogP contribution in [-0.4, -0.2) is 127 Å². The Labute approximate surface area is 251 Å². The molecule has 2 aromatic carbocycles. The fourth-order valence-electron chi connectivity index (χ4n) is 4.66. The van der Waals surface area contributed by atoms with E-state index >= 15 is 0 Å². The second-order valence-corrected chi connectivity index (χ2v) is 10.5. The highest BCUT2D eigenvalue weighted by Crippen LogP contribution is 2.31. The highest BCUT2D eigenvalue weighted by molar-refractivity contribution is 5.87. The molecule has 4 rings (SSSR count). The minimum atomic E-state index is -1.74. The summed E-state index contributed by atoms with van der Waals surface area (Å²) in [5, 5.41) is 90.8. The summed E-state index contributed by atoms with van der Waals surface area (Å²) in [5.41, 5.74) is 0.962. The molecule has 2 aliphatic rings. The SMILES string of the molecule is CC1OC(OC2C(O)C(COC(=O)/C=C/c3ccc(O)c(O)c3)OC(OCCc3ccc(O)c(O)c3)C2O)C(O)C(O)C1O. The van der Waals surface area contributed by atoms with Crippen LogP contribution in [0.1, 0.15) is 18.1 Å². The van der Waals surface area contributed by atoms with E-state index in [1.54, 1.807) is 6.07 Å². The van der Waals surface area contributed by atoms with E-state index < -0.39 is 74.0 Å². The topological polar surface area (TPSA) is 245 Å². The number of benzene rings is 2. The standard InChI is InChI=1S/C29H36O15/c1-13-22(35)24(37)25(38)29(42-13)44-27-23(36)20(12-41-21(34)7-4-14-2-5-16(30)18(32)10-14)43-28(26(27)39)40-9-8-15-3-6-17(31)19(33)11-15/h2-7,10-11,13,20,22-33,35-39H,8-9,12H2,1H3/b7-4+. The van der Waals surface area contributed by atoms with Crippen LogP contribution in [0.5, 0.6) is 23.0 Å². The van der Waals surface area contributed by atoms with Crippen molar-refractivity contribution in [2.45, 2.75) is 74.8 Å². The molecule has 2 aromatic rings. The van der Waals surface area contributed by atoms with Gasteiger partial charge in [-0.25, -0.2) is 4.79 Å². The molecule has 9 N–H and O–H groups in total. The molecular weight excluding hydrogens is 588 g/mol. The van der Waals surface area contributed by atoms with Gasteiger partial charge in [-0.3, -0.25) is 0 Å². The molecule has 10 unspecified atom stereocenters. The molecule has 242 valence electrons. The van der Waals surface area contributed by atoms with Crippen molar-refractivity contribution in [3.8, 4) is 23.0 Å². The first-order chi connectivity index (χ1) is 20.8. The third kappa shape index (κ3) is 7.95. The summed E-state index contributed by atoms with van der Waals surface area (Å²) >= 11 is 0. The Hall–Kier alpha value is -3.51. The zero-order chi connectivity index (χ0) is 32.1. The molecule has 44 heavy (non-hydrogen) atoms. The number of carbonyl (C=O) groups excluding carboxylic acids is 1. The van der Waals surface area contributed by atoms with E-state index in [4.69, 9.17) is 23.7 Å². The zero-order valence-electron chi connectivity index (χ0n) is 23.5. The summed E-state index contributed by atoms with van der Waals surface area (Å²) in [6.07, 6.45) is -12.5. The third-order valence-electron chi connectivity index (χ3n) is 7.26. The molecule has 10 atom stereocenters. The Morgan fingerprint density at radius 1 is 0.795 bits per heavy atom. The van der Waals surface area contributed by atoms with E-state index in [0.29, 0.717) is 11.1 Å². The highest BCUT2D eigenvalue weighted by Gasteiger charge is 2.50. The van der Waals surface area contributed by atoms with Gasteiger partial charge in [0.1, 0.15) is 49.3 Å². The first-order valence-corrected chi connectivity index (χ1v) is 13.7. The van der Waals surface area contributed by atoms with Gasteiger partial charge in [-0.2, -0.15) is 0 Å². The van der Waals surface area contributed by atoms with Gasteiger partial charge >= 0.3 is 5.97 Å². The number of aliphatic hydroxyl groups excluding tert-OH is 5. The molecule has 0 bridgehead atoms. The van der Waals surface area contributed by atoms with E-state index in [1.807, 2.05) is 0 Å². The van der Waals surface area contributed by atoms with Crippen LogP contribution in [0.3, 0.4) is 0 Å². The summed E-state index contributed by atoms with van der Waals surface area (Å²) in [4.78, 5) is 12.4. The van der Waals surface area contributed by atoms with Crippen molar-refractivity contribution in [2.75, 3.05) is 13.2 Å². The van der Waals surface area contributed by atoms with E-state index in [9.17, 15) is 50.8 Å². The highest BCUT2D eigenvalue weighted by atomic mass is 16.7. The summed E-state index contributed by atoms with van der Waals surface area (Å²) < 4.78 is 27.7. The van der Waals surface area contributed by atoms with Crippen molar-refractivity contribution in [1.29, 1.82) is 0 Å². The van der Waals surface area contributed by atoms with Crippen LogP contribution in [0.2, 0.25) is 0 Å². The maximum Gasteiger partial charge on any atom is 0.330 e.